The number of para-hydroxylation sites is 1. The number of carbonyl (C=O) groups excluding carboxylic acids is 1. The van der Waals surface area contributed by atoms with E-state index in [0.29, 0.717) is 5.69 Å². The molecular weight excluding hydrogens is 238 g/mol. The van der Waals surface area contributed by atoms with E-state index in [0.717, 1.165) is 31.6 Å². The first-order chi connectivity index (χ1) is 9.36. The van der Waals surface area contributed by atoms with E-state index in [2.05, 4.69) is 4.98 Å². The van der Waals surface area contributed by atoms with Crippen LogP contribution in [-0.4, -0.2) is 33.4 Å². The summed E-state index contributed by atoms with van der Waals surface area (Å²) in [6, 6.07) is 9.85. The monoisotopic (exact) mass is 255 g/mol. The number of rotatable bonds is 2. The minimum atomic E-state index is 0.0843. The maximum Gasteiger partial charge on any atom is 0.272 e. The van der Waals surface area contributed by atoms with Crippen molar-refractivity contribution in [3.63, 3.8) is 0 Å². The number of amides is 1. The Morgan fingerprint density at radius 1 is 1.05 bits per heavy atom. The second-order valence-electron chi connectivity index (χ2n) is 4.84. The van der Waals surface area contributed by atoms with Crippen LogP contribution in [0.1, 0.15) is 29.8 Å². The van der Waals surface area contributed by atoms with E-state index in [1.165, 1.54) is 6.42 Å². The van der Waals surface area contributed by atoms with Crippen molar-refractivity contribution in [2.24, 2.45) is 0 Å². The van der Waals surface area contributed by atoms with Gasteiger partial charge in [-0.05, 0) is 31.4 Å². The Balaban J connectivity index is 1.89. The Labute approximate surface area is 112 Å². The number of carbonyl (C=O) groups is 1. The van der Waals surface area contributed by atoms with Crippen molar-refractivity contribution in [2.75, 3.05) is 13.1 Å². The molecule has 19 heavy (non-hydrogen) atoms. The van der Waals surface area contributed by atoms with Crippen LogP contribution in [-0.2, 0) is 0 Å². The largest absolute Gasteiger partial charge is 0.337 e. The van der Waals surface area contributed by atoms with E-state index in [4.69, 9.17) is 0 Å². The van der Waals surface area contributed by atoms with Crippen LogP contribution in [0.5, 0.6) is 0 Å². The number of imidazole rings is 1. The van der Waals surface area contributed by atoms with Gasteiger partial charge in [0.2, 0.25) is 0 Å². The molecular formula is C15H17N3O. The lowest BCUT2D eigenvalue weighted by atomic mass is 10.1. The number of likely N-dealkylation sites (tertiary alicyclic amines) is 1. The van der Waals surface area contributed by atoms with Crippen LogP contribution in [0, 0.1) is 0 Å². The molecule has 0 spiro atoms. The zero-order valence-corrected chi connectivity index (χ0v) is 10.8. The summed E-state index contributed by atoms with van der Waals surface area (Å²) < 4.78 is 1.86. The smallest absolute Gasteiger partial charge is 0.272 e. The highest BCUT2D eigenvalue weighted by Crippen LogP contribution is 2.16. The lowest BCUT2D eigenvalue weighted by Gasteiger charge is -2.26. The number of hydrogen-bond donors (Lipinski definition) is 0. The topological polar surface area (TPSA) is 38.1 Å². The molecule has 0 unspecified atom stereocenters. The van der Waals surface area contributed by atoms with Gasteiger partial charge in [0.25, 0.3) is 5.91 Å². The van der Waals surface area contributed by atoms with Gasteiger partial charge in [-0.2, -0.15) is 0 Å². The maximum absolute atomic E-state index is 12.5. The van der Waals surface area contributed by atoms with Crippen LogP contribution < -0.4 is 0 Å². The highest BCUT2D eigenvalue weighted by molar-refractivity contribution is 5.93. The van der Waals surface area contributed by atoms with Gasteiger partial charge < -0.3 is 4.90 Å². The van der Waals surface area contributed by atoms with Crippen LogP contribution in [0.3, 0.4) is 0 Å². The van der Waals surface area contributed by atoms with Gasteiger partial charge in [0.1, 0.15) is 5.69 Å². The molecule has 2 aromatic rings. The molecule has 1 saturated heterocycles. The van der Waals surface area contributed by atoms with Crippen LogP contribution in [0.15, 0.2) is 42.9 Å². The first kappa shape index (κ1) is 12.0. The van der Waals surface area contributed by atoms with Gasteiger partial charge in [-0.3, -0.25) is 9.36 Å². The SMILES string of the molecule is O=C(c1cncn1-c1ccccc1)N1CCCCC1. The van der Waals surface area contributed by atoms with E-state index in [-0.39, 0.29) is 5.91 Å². The number of aromatic nitrogens is 2. The van der Waals surface area contributed by atoms with Crippen LogP contribution >= 0.6 is 0 Å². The second kappa shape index (κ2) is 5.26. The first-order valence-electron chi connectivity index (χ1n) is 6.73. The van der Waals surface area contributed by atoms with Crippen LogP contribution in [0.25, 0.3) is 5.69 Å². The summed E-state index contributed by atoms with van der Waals surface area (Å²) in [7, 11) is 0. The van der Waals surface area contributed by atoms with Gasteiger partial charge in [-0.25, -0.2) is 4.98 Å². The maximum atomic E-state index is 12.5. The van der Waals surface area contributed by atoms with Crippen molar-refractivity contribution in [1.82, 2.24) is 14.5 Å². The van der Waals surface area contributed by atoms with Crippen molar-refractivity contribution >= 4 is 5.91 Å². The molecule has 2 heterocycles. The second-order valence-corrected chi connectivity index (χ2v) is 4.84. The molecule has 1 aliphatic heterocycles. The number of benzene rings is 1. The van der Waals surface area contributed by atoms with Crippen molar-refractivity contribution < 1.29 is 4.79 Å². The average Bonchev–Trinajstić information content (AvgIpc) is 2.98. The fourth-order valence-electron chi connectivity index (χ4n) is 2.51. The molecule has 1 fully saturated rings. The van der Waals surface area contributed by atoms with Gasteiger partial charge in [0.05, 0.1) is 12.5 Å². The summed E-state index contributed by atoms with van der Waals surface area (Å²) in [5, 5.41) is 0. The third-order valence-corrected chi connectivity index (χ3v) is 3.54. The lowest BCUT2D eigenvalue weighted by Crippen LogP contribution is -2.36. The zero-order chi connectivity index (χ0) is 13.1. The molecule has 0 N–H and O–H groups in total. The molecule has 4 nitrogen and oxygen atoms in total. The highest BCUT2D eigenvalue weighted by atomic mass is 16.2. The van der Waals surface area contributed by atoms with Gasteiger partial charge in [-0.15, -0.1) is 0 Å². The van der Waals surface area contributed by atoms with E-state index >= 15 is 0 Å². The molecule has 98 valence electrons. The first-order valence-corrected chi connectivity index (χ1v) is 6.73. The molecule has 0 bridgehead atoms. The van der Waals surface area contributed by atoms with Crippen LogP contribution in [0.4, 0.5) is 0 Å². The van der Waals surface area contributed by atoms with Crippen molar-refractivity contribution in [3.05, 3.63) is 48.5 Å². The molecule has 0 atom stereocenters. The third-order valence-electron chi connectivity index (χ3n) is 3.54. The summed E-state index contributed by atoms with van der Waals surface area (Å²) in [5.41, 5.74) is 1.62. The number of hydrogen-bond acceptors (Lipinski definition) is 2. The minimum absolute atomic E-state index is 0.0843. The Kier molecular flexibility index (Phi) is 3.31. The quantitative estimate of drug-likeness (QED) is 0.827. The number of nitrogens with zero attached hydrogens (tertiary/aromatic N) is 3. The molecule has 3 rings (SSSR count). The minimum Gasteiger partial charge on any atom is -0.337 e. The van der Waals surface area contributed by atoms with Gasteiger partial charge in [0, 0.05) is 18.8 Å². The van der Waals surface area contributed by atoms with E-state index in [1.54, 1.807) is 12.5 Å². The van der Waals surface area contributed by atoms with E-state index in [1.807, 2.05) is 39.8 Å². The standard InChI is InChI=1S/C15H17N3O/c19-15(17-9-5-2-6-10-17)14-11-16-12-18(14)13-7-3-1-4-8-13/h1,3-4,7-8,11-12H,2,5-6,9-10H2. The van der Waals surface area contributed by atoms with Gasteiger partial charge in [0.15, 0.2) is 0 Å². The summed E-state index contributed by atoms with van der Waals surface area (Å²) in [6.07, 6.45) is 6.79. The predicted octanol–water partition coefficient (Wildman–Crippen LogP) is 2.50. The Morgan fingerprint density at radius 3 is 2.53 bits per heavy atom. The molecule has 0 radical (unpaired) electrons. The third kappa shape index (κ3) is 2.38. The highest BCUT2D eigenvalue weighted by Gasteiger charge is 2.21. The molecule has 4 heteroatoms. The Bertz CT molecular complexity index is 556. The van der Waals surface area contributed by atoms with Crippen molar-refractivity contribution in [1.29, 1.82) is 0 Å². The summed E-state index contributed by atoms with van der Waals surface area (Å²) in [5.74, 6) is 0.0843. The molecule has 0 saturated carbocycles. The molecule has 1 amide bonds. The predicted molar refractivity (Wildman–Crippen MR) is 73.3 cm³/mol. The van der Waals surface area contributed by atoms with Crippen LogP contribution in [0.2, 0.25) is 0 Å². The normalized spacial score (nSPS) is 15.5. The van der Waals surface area contributed by atoms with Gasteiger partial charge >= 0.3 is 0 Å². The molecule has 0 aliphatic carbocycles. The Hall–Kier alpha value is -2.10. The van der Waals surface area contributed by atoms with Crippen molar-refractivity contribution in [2.45, 2.75) is 19.3 Å². The van der Waals surface area contributed by atoms with Crippen molar-refractivity contribution in [3.8, 4) is 5.69 Å². The Morgan fingerprint density at radius 2 is 1.79 bits per heavy atom. The molecule has 1 aromatic carbocycles. The lowest BCUT2D eigenvalue weighted by molar-refractivity contribution is 0.0716. The fraction of sp³-hybridized carbons (Fsp3) is 0.333. The molecule has 1 aliphatic rings. The summed E-state index contributed by atoms with van der Waals surface area (Å²) in [6.45, 7) is 1.72. The summed E-state index contributed by atoms with van der Waals surface area (Å²) in [4.78, 5) is 18.6. The van der Waals surface area contributed by atoms with E-state index in [9.17, 15) is 4.79 Å². The van der Waals surface area contributed by atoms with E-state index < -0.39 is 0 Å². The zero-order valence-electron chi connectivity index (χ0n) is 10.8. The molecule has 1 aromatic heterocycles. The fourth-order valence-corrected chi connectivity index (χ4v) is 2.51. The summed E-state index contributed by atoms with van der Waals surface area (Å²) >= 11 is 0. The number of piperidine rings is 1. The average molecular weight is 255 g/mol. The van der Waals surface area contributed by atoms with Gasteiger partial charge in [-0.1, -0.05) is 18.2 Å².